The van der Waals surface area contributed by atoms with E-state index in [0.29, 0.717) is 32.3 Å². The summed E-state index contributed by atoms with van der Waals surface area (Å²) in [5.41, 5.74) is 1.19. The molecule has 0 unspecified atom stereocenters. The van der Waals surface area contributed by atoms with Gasteiger partial charge in [-0.2, -0.15) is 0 Å². The third-order valence-electron chi connectivity index (χ3n) is 2.76. The van der Waals surface area contributed by atoms with Crippen molar-refractivity contribution in [3.05, 3.63) is 29.8 Å². The molecule has 0 atom stereocenters. The van der Waals surface area contributed by atoms with Crippen molar-refractivity contribution in [2.45, 2.75) is 20.4 Å². The molecule has 0 bridgehead atoms. The van der Waals surface area contributed by atoms with Crippen molar-refractivity contribution < 1.29 is 14.2 Å². The van der Waals surface area contributed by atoms with Crippen LogP contribution in [0, 0.1) is 5.92 Å². The molecule has 0 radical (unpaired) electrons. The van der Waals surface area contributed by atoms with Crippen LogP contribution in [0.2, 0.25) is 0 Å². The van der Waals surface area contributed by atoms with Crippen molar-refractivity contribution in [1.29, 1.82) is 0 Å². The summed E-state index contributed by atoms with van der Waals surface area (Å²) < 4.78 is 16.1. The molecule has 1 aromatic rings. The van der Waals surface area contributed by atoms with E-state index in [1.807, 2.05) is 18.2 Å². The number of ether oxygens (including phenoxy) is 3. The molecule has 0 aliphatic heterocycles. The second-order valence-electron chi connectivity index (χ2n) is 5.09. The molecule has 20 heavy (non-hydrogen) atoms. The predicted octanol–water partition coefficient (Wildman–Crippen LogP) is 2.47. The van der Waals surface area contributed by atoms with Gasteiger partial charge in [0.05, 0.1) is 19.8 Å². The van der Waals surface area contributed by atoms with E-state index in [2.05, 4.69) is 25.2 Å². The average Bonchev–Trinajstić information content (AvgIpc) is 2.44. The first-order valence-electron chi connectivity index (χ1n) is 7.22. The van der Waals surface area contributed by atoms with E-state index >= 15 is 0 Å². The van der Waals surface area contributed by atoms with Crippen LogP contribution in [0.15, 0.2) is 24.3 Å². The number of rotatable bonds is 11. The molecule has 1 N–H and O–H groups in total. The molecule has 4 nitrogen and oxygen atoms in total. The second kappa shape index (κ2) is 10.7. The van der Waals surface area contributed by atoms with Crippen LogP contribution < -0.4 is 10.1 Å². The topological polar surface area (TPSA) is 39.7 Å². The zero-order chi connectivity index (χ0) is 14.6. The minimum Gasteiger partial charge on any atom is -0.491 e. The summed E-state index contributed by atoms with van der Waals surface area (Å²) in [5.74, 6) is 1.58. The highest BCUT2D eigenvalue weighted by atomic mass is 16.5. The number of hydrogen-bond donors (Lipinski definition) is 1. The highest BCUT2D eigenvalue weighted by Crippen LogP contribution is 2.17. The van der Waals surface area contributed by atoms with Crippen LogP contribution in [0.3, 0.4) is 0 Å². The van der Waals surface area contributed by atoms with E-state index in [9.17, 15) is 0 Å². The Kier molecular flexibility index (Phi) is 9.04. The normalized spacial score (nSPS) is 11.0. The van der Waals surface area contributed by atoms with Gasteiger partial charge in [-0.15, -0.1) is 0 Å². The van der Waals surface area contributed by atoms with Gasteiger partial charge < -0.3 is 19.5 Å². The van der Waals surface area contributed by atoms with Gasteiger partial charge >= 0.3 is 0 Å². The number of hydrogen-bond acceptors (Lipinski definition) is 4. The Morgan fingerprint density at radius 1 is 1.05 bits per heavy atom. The van der Waals surface area contributed by atoms with E-state index in [1.165, 1.54) is 5.56 Å². The lowest BCUT2D eigenvalue weighted by Crippen LogP contribution is -2.19. The van der Waals surface area contributed by atoms with E-state index in [1.54, 1.807) is 7.11 Å². The van der Waals surface area contributed by atoms with Crippen molar-refractivity contribution in [3.8, 4) is 5.75 Å². The van der Waals surface area contributed by atoms with Crippen LogP contribution in [-0.2, 0) is 16.0 Å². The fourth-order valence-electron chi connectivity index (χ4n) is 1.74. The van der Waals surface area contributed by atoms with Gasteiger partial charge in [0.15, 0.2) is 0 Å². The van der Waals surface area contributed by atoms with Gasteiger partial charge in [0.1, 0.15) is 12.4 Å². The fraction of sp³-hybridized carbons (Fsp3) is 0.625. The Bertz CT molecular complexity index is 355. The van der Waals surface area contributed by atoms with Crippen molar-refractivity contribution in [1.82, 2.24) is 5.32 Å². The second-order valence-corrected chi connectivity index (χ2v) is 5.09. The standard InChI is InChI=1S/C16H27NO3/c1-14(2)12-17-13-15-6-4-5-7-16(15)20-11-10-19-9-8-18-3/h4-7,14,17H,8-13H2,1-3H3. The summed E-state index contributed by atoms with van der Waals surface area (Å²) in [6, 6.07) is 8.12. The summed E-state index contributed by atoms with van der Waals surface area (Å²) in [7, 11) is 1.67. The molecule has 0 saturated carbocycles. The van der Waals surface area contributed by atoms with Gasteiger partial charge in [-0.1, -0.05) is 32.0 Å². The Balaban J connectivity index is 2.29. The van der Waals surface area contributed by atoms with Gasteiger partial charge in [-0.05, 0) is 18.5 Å². The summed E-state index contributed by atoms with van der Waals surface area (Å²) >= 11 is 0. The maximum atomic E-state index is 5.77. The van der Waals surface area contributed by atoms with Crippen LogP contribution >= 0.6 is 0 Å². The summed E-state index contributed by atoms with van der Waals surface area (Å²) in [6.07, 6.45) is 0. The maximum Gasteiger partial charge on any atom is 0.123 e. The van der Waals surface area contributed by atoms with E-state index in [0.717, 1.165) is 18.8 Å². The van der Waals surface area contributed by atoms with Gasteiger partial charge in [0.2, 0.25) is 0 Å². The largest absolute Gasteiger partial charge is 0.491 e. The van der Waals surface area contributed by atoms with Crippen molar-refractivity contribution >= 4 is 0 Å². The minimum absolute atomic E-state index is 0.560. The molecule has 1 aromatic carbocycles. The molecule has 114 valence electrons. The number of nitrogens with one attached hydrogen (secondary N) is 1. The minimum atomic E-state index is 0.560. The predicted molar refractivity (Wildman–Crippen MR) is 81.2 cm³/mol. The van der Waals surface area contributed by atoms with Crippen LogP contribution in [-0.4, -0.2) is 40.1 Å². The monoisotopic (exact) mass is 281 g/mol. The fourth-order valence-corrected chi connectivity index (χ4v) is 1.74. The van der Waals surface area contributed by atoms with Crippen LogP contribution in [0.25, 0.3) is 0 Å². The van der Waals surface area contributed by atoms with Gasteiger partial charge in [0.25, 0.3) is 0 Å². The summed E-state index contributed by atoms with van der Waals surface area (Å²) in [4.78, 5) is 0. The smallest absolute Gasteiger partial charge is 0.123 e. The van der Waals surface area contributed by atoms with Crippen LogP contribution in [0.4, 0.5) is 0 Å². The van der Waals surface area contributed by atoms with E-state index in [4.69, 9.17) is 14.2 Å². The number of methoxy groups -OCH3 is 1. The van der Waals surface area contributed by atoms with Crippen LogP contribution in [0.5, 0.6) is 5.75 Å². The van der Waals surface area contributed by atoms with Crippen molar-refractivity contribution in [3.63, 3.8) is 0 Å². The average molecular weight is 281 g/mol. The van der Waals surface area contributed by atoms with Gasteiger partial charge in [-0.25, -0.2) is 0 Å². The first kappa shape index (κ1) is 17.0. The van der Waals surface area contributed by atoms with E-state index < -0.39 is 0 Å². The maximum absolute atomic E-state index is 5.77. The third-order valence-corrected chi connectivity index (χ3v) is 2.76. The zero-order valence-corrected chi connectivity index (χ0v) is 12.9. The molecule has 0 aliphatic rings. The molecule has 0 fully saturated rings. The van der Waals surface area contributed by atoms with E-state index in [-0.39, 0.29) is 0 Å². The molecule has 4 heteroatoms. The quantitative estimate of drug-likeness (QED) is 0.633. The Hall–Kier alpha value is -1.10. The Morgan fingerprint density at radius 2 is 1.80 bits per heavy atom. The van der Waals surface area contributed by atoms with Crippen molar-refractivity contribution in [2.75, 3.05) is 40.1 Å². The Labute approximate surface area is 122 Å². The number of benzene rings is 1. The molecular formula is C16H27NO3. The lowest BCUT2D eigenvalue weighted by molar-refractivity contribution is 0.0542. The van der Waals surface area contributed by atoms with Crippen molar-refractivity contribution in [2.24, 2.45) is 5.92 Å². The highest BCUT2D eigenvalue weighted by molar-refractivity contribution is 5.33. The first-order chi connectivity index (χ1) is 9.74. The number of para-hydroxylation sites is 1. The van der Waals surface area contributed by atoms with Gasteiger partial charge in [-0.3, -0.25) is 0 Å². The summed E-state index contributed by atoms with van der Waals surface area (Å²) in [5, 5.41) is 3.43. The lowest BCUT2D eigenvalue weighted by atomic mass is 10.2. The highest BCUT2D eigenvalue weighted by Gasteiger charge is 2.03. The first-order valence-corrected chi connectivity index (χ1v) is 7.22. The SMILES string of the molecule is COCCOCCOc1ccccc1CNCC(C)C. The van der Waals surface area contributed by atoms with Gasteiger partial charge in [0, 0.05) is 19.2 Å². The van der Waals surface area contributed by atoms with Crippen LogP contribution in [0.1, 0.15) is 19.4 Å². The molecule has 0 aliphatic carbocycles. The third kappa shape index (κ3) is 7.48. The molecule has 0 spiro atoms. The molecule has 1 rings (SSSR count). The Morgan fingerprint density at radius 3 is 2.55 bits per heavy atom. The molecule has 0 saturated heterocycles. The lowest BCUT2D eigenvalue weighted by Gasteiger charge is -2.13. The molecule has 0 amide bonds. The zero-order valence-electron chi connectivity index (χ0n) is 12.9. The summed E-state index contributed by atoms with van der Waals surface area (Å²) in [6.45, 7) is 8.61. The molecule has 0 aromatic heterocycles. The molecule has 0 heterocycles. The molecular weight excluding hydrogens is 254 g/mol.